The summed E-state index contributed by atoms with van der Waals surface area (Å²) in [4.78, 5) is 16.6. The zero-order valence-corrected chi connectivity index (χ0v) is 16.3. The molecule has 142 valence electrons. The van der Waals surface area contributed by atoms with Crippen LogP contribution in [0, 0.1) is 19.3 Å². The van der Waals surface area contributed by atoms with Gasteiger partial charge in [-0.05, 0) is 76.6 Å². The van der Waals surface area contributed by atoms with Crippen molar-refractivity contribution in [3.05, 3.63) is 45.3 Å². The summed E-state index contributed by atoms with van der Waals surface area (Å²) in [6.07, 6.45) is 1.94. The molecule has 1 N–H and O–H groups in total. The van der Waals surface area contributed by atoms with Crippen molar-refractivity contribution in [3.63, 3.8) is 0 Å². The minimum absolute atomic E-state index is 0.00897. The van der Waals surface area contributed by atoms with Crippen LogP contribution in [-0.2, 0) is 6.54 Å². The number of rotatable bonds is 5. The Bertz CT molecular complexity index is 833. The van der Waals surface area contributed by atoms with E-state index in [1.807, 2.05) is 13.0 Å². The van der Waals surface area contributed by atoms with Crippen LogP contribution in [0.5, 0.6) is 0 Å². The van der Waals surface area contributed by atoms with E-state index in [2.05, 4.69) is 36.9 Å². The number of aliphatic hydroxyl groups excluding tert-OH is 1. The first-order valence-electron chi connectivity index (χ1n) is 9.34. The fraction of sp³-hybridized carbons (Fsp3) is 0.571. The molecule has 1 aromatic carbocycles. The molecular weight excluding hydrogens is 328 g/mol. The van der Waals surface area contributed by atoms with Crippen LogP contribution in [0.1, 0.15) is 29.5 Å². The second-order valence-corrected chi connectivity index (χ2v) is 8.22. The van der Waals surface area contributed by atoms with Gasteiger partial charge in [0.15, 0.2) is 0 Å². The molecule has 2 heterocycles. The van der Waals surface area contributed by atoms with Crippen molar-refractivity contribution >= 4 is 11.0 Å². The number of hydrogen-bond acceptors (Lipinski definition) is 5. The maximum atomic E-state index is 12.0. The van der Waals surface area contributed by atoms with Crippen LogP contribution in [0.25, 0.3) is 11.0 Å². The molecule has 1 aromatic heterocycles. The SMILES string of the molecule is Cc1cc(C)c2oc(=O)cc(CN3CCC(CO)(CN(C)C)CC3)c2c1. The topological polar surface area (TPSA) is 56.9 Å². The van der Waals surface area contributed by atoms with Crippen molar-refractivity contribution in [1.82, 2.24) is 9.80 Å². The normalized spacial score (nSPS) is 17.9. The van der Waals surface area contributed by atoms with Gasteiger partial charge in [-0.1, -0.05) is 6.07 Å². The third kappa shape index (κ3) is 4.00. The molecule has 1 aliphatic rings. The molecule has 5 heteroatoms. The Kier molecular flexibility index (Phi) is 5.51. The minimum Gasteiger partial charge on any atom is -0.422 e. The quantitative estimate of drug-likeness (QED) is 0.833. The van der Waals surface area contributed by atoms with Gasteiger partial charge in [-0.2, -0.15) is 0 Å². The van der Waals surface area contributed by atoms with E-state index in [0.29, 0.717) is 5.58 Å². The third-order valence-corrected chi connectivity index (χ3v) is 5.56. The van der Waals surface area contributed by atoms with Crippen molar-refractivity contribution in [2.75, 3.05) is 40.3 Å². The van der Waals surface area contributed by atoms with Gasteiger partial charge in [0.25, 0.3) is 0 Å². The van der Waals surface area contributed by atoms with Crippen LogP contribution in [-0.4, -0.2) is 55.2 Å². The van der Waals surface area contributed by atoms with Crippen molar-refractivity contribution in [3.8, 4) is 0 Å². The van der Waals surface area contributed by atoms with Gasteiger partial charge in [-0.25, -0.2) is 4.79 Å². The Hall–Kier alpha value is -1.69. The third-order valence-electron chi connectivity index (χ3n) is 5.56. The summed E-state index contributed by atoms with van der Waals surface area (Å²) in [5.74, 6) is 0. The van der Waals surface area contributed by atoms with Crippen molar-refractivity contribution in [2.24, 2.45) is 5.41 Å². The van der Waals surface area contributed by atoms with E-state index in [4.69, 9.17) is 4.42 Å². The molecule has 26 heavy (non-hydrogen) atoms. The highest BCUT2D eigenvalue weighted by Gasteiger charge is 2.34. The molecule has 0 radical (unpaired) electrons. The number of likely N-dealkylation sites (tertiary alicyclic amines) is 1. The summed E-state index contributed by atoms with van der Waals surface area (Å²) in [6, 6.07) is 5.79. The Balaban J connectivity index is 1.81. The Labute approximate surface area is 155 Å². The van der Waals surface area contributed by atoms with Crippen molar-refractivity contribution in [1.29, 1.82) is 0 Å². The highest BCUT2D eigenvalue weighted by atomic mass is 16.4. The van der Waals surface area contributed by atoms with Gasteiger partial charge in [-0.15, -0.1) is 0 Å². The first kappa shape index (κ1) is 19.1. The molecule has 0 unspecified atom stereocenters. The number of piperidine rings is 1. The maximum absolute atomic E-state index is 12.0. The van der Waals surface area contributed by atoms with Crippen LogP contribution in [0.3, 0.4) is 0 Å². The summed E-state index contributed by atoms with van der Waals surface area (Å²) >= 11 is 0. The van der Waals surface area contributed by atoms with Gasteiger partial charge in [0.1, 0.15) is 5.58 Å². The van der Waals surface area contributed by atoms with Gasteiger partial charge in [0, 0.05) is 30.0 Å². The second kappa shape index (κ2) is 7.51. The monoisotopic (exact) mass is 358 g/mol. The second-order valence-electron chi connectivity index (χ2n) is 8.22. The van der Waals surface area contributed by atoms with Crippen LogP contribution in [0.4, 0.5) is 0 Å². The minimum atomic E-state index is -0.284. The van der Waals surface area contributed by atoms with Crippen LogP contribution >= 0.6 is 0 Å². The summed E-state index contributed by atoms with van der Waals surface area (Å²) in [7, 11) is 4.12. The van der Waals surface area contributed by atoms with Gasteiger partial charge in [-0.3, -0.25) is 4.90 Å². The highest BCUT2D eigenvalue weighted by Crippen LogP contribution is 2.33. The number of benzene rings is 1. The molecule has 1 saturated heterocycles. The zero-order chi connectivity index (χ0) is 18.9. The zero-order valence-electron chi connectivity index (χ0n) is 16.3. The number of aryl methyl sites for hydroxylation is 2. The fourth-order valence-corrected chi connectivity index (χ4v) is 4.27. The molecule has 0 aliphatic carbocycles. The van der Waals surface area contributed by atoms with Crippen LogP contribution in [0.2, 0.25) is 0 Å². The lowest BCUT2D eigenvalue weighted by atomic mass is 9.78. The Morgan fingerprint density at radius 3 is 2.50 bits per heavy atom. The molecule has 3 rings (SSSR count). The summed E-state index contributed by atoms with van der Waals surface area (Å²) < 4.78 is 5.46. The van der Waals surface area contributed by atoms with Crippen LogP contribution in [0.15, 0.2) is 27.4 Å². The fourth-order valence-electron chi connectivity index (χ4n) is 4.27. The molecule has 0 bridgehead atoms. The molecule has 0 saturated carbocycles. The van der Waals surface area contributed by atoms with E-state index in [1.165, 1.54) is 5.56 Å². The Morgan fingerprint density at radius 2 is 1.88 bits per heavy atom. The number of hydrogen-bond donors (Lipinski definition) is 1. The smallest absolute Gasteiger partial charge is 0.336 e. The van der Waals surface area contributed by atoms with Gasteiger partial charge < -0.3 is 14.4 Å². The molecule has 0 amide bonds. The van der Waals surface area contributed by atoms with Gasteiger partial charge in [0.2, 0.25) is 0 Å². The van der Waals surface area contributed by atoms with Crippen LogP contribution < -0.4 is 5.63 Å². The highest BCUT2D eigenvalue weighted by molar-refractivity contribution is 5.83. The van der Waals surface area contributed by atoms with Gasteiger partial charge >= 0.3 is 5.63 Å². The number of nitrogens with zero attached hydrogens (tertiary/aromatic N) is 2. The lowest BCUT2D eigenvalue weighted by Gasteiger charge is -2.42. The summed E-state index contributed by atoms with van der Waals surface area (Å²) in [5.41, 5.74) is 3.62. The van der Waals surface area contributed by atoms with E-state index in [9.17, 15) is 9.90 Å². The van der Waals surface area contributed by atoms with E-state index < -0.39 is 0 Å². The average Bonchev–Trinajstić information content (AvgIpc) is 2.57. The van der Waals surface area contributed by atoms with Crippen molar-refractivity contribution in [2.45, 2.75) is 33.2 Å². The largest absolute Gasteiger partial charge is 0.422 e. The molecule has 2 aromatic rings. The maximum Gasteiger partial charge on any atom is 0.336 e. The number of aliphatic hydroxyl groups is 1. The molecule has 5 nitrogen and oxygen atoms in total. The van der Waals surface area contributed by atoms with E-state index in [-0.39, 0.29) is 17.6 Å². The molecule has 1 aliphatic heterocycles. The molecule has 1 fully saturated rings. The predicted molar refractivity (Wildman–Crippen MR) is 105 cm³/mol. The molecule has 0 atom stereocenters. The molecular formula is C21H30N2O3. The lowest BCUT2D eigenvalue weighted by Crippen LogP contribution is -2.46. The van der Waals surface area contributed by atoms with E-state index >= 15 is 0 Å². The van der Waals surface area contributed by atoms with E-state index in [1.54, 1.807) is 6.07 Å². The Morgan fingerprint density at radius 1 is 1.19 bits per heavy atom. The predicted octanol–water partition coefficient (Wildman–Crippen LogP) is 2.55. The standard InChI is InChI=1S/C21H30N2O3/c1-15-9-16(2)20-18(10-15)17(11-19(25)26-20)12-23-7-5-21(14-24,6-8-23)13-22(3)4/h9-11,24H,5-8,12-14H2,1-4H3. The van der Waals surface area contributed by atoms with E-state index in [0.717, 1.165) is 55.5 Å². The van der Waals surface area contributed by atoms with Crippen molar-refractivity contribution < 1.29 is 9.52 Å². The first-order valence-corrected chi connectivity index (χ1v) is 9.34. The first-order chi connectivity index (χ1) is 12.3. The average molecular weight is 358 g/mol. The summed E-state index contributed by atoms with van der Waals surface area (Å²) in [6.45, 7) is 7.80. The molecule has 0 spiro atoms. The van der Waals surface area contributed by atoms with Gasteiger partial charge in [0.05, 0.1) is 6.61 Å². The summed E-state index contributed by atoms with van der Waals surface area (Å²) in [5, 5.41) is 10.9. The lowest BCUT2D eigenvalue weighted by molar-refractivity contribution is 0.0219. The number of fused-ring (bicyclic) bond motifs is 1.